The van der Waals surface area contributed by atoms with Crippen LogP contribution in [0, 0.1) is 17.6 Å². The first-order valence-electron chi connectivity index (χ1n) is 6.77. The van der Waals surface area contributed by atoms with Gasteiger partial charge in [0.2, 0.25) is 5.91 Å². The maximum atomic E-state index is 13.7. The van der Waals surface area contributed by atoms with Crippen molar-refractivity contribution in [1.82, 2.24) is 4.98 Å². The molecule has 2 aromatic rings. The highest BCUT2D eigenvalue weighted by atomic mass is 32.2. The third-order valence-corrected chi connectivity index (χ3v) is 6.08. The van der Waals surface area contributed by atoms with Crippen LogP contribution in [0.15, 0.2) is 23.6 Å². The largest absolute Gasteiger partial charge is 0.302 e. The van der Waals surface area contributed by atoms with Gasteiger partial charge in [-0.25, -0.2) is 22.2 Å². The van der Waals surface area contributed by atoms with Crippen LogP contribution in [-0.2, 0) is 14.6 Å². The molecule has 9 heteroatoms. The molecule has 0 saturated carbocycles. The van der Waals surface area contributed by atoms with Gasteiger partial charge in [0, 0.05) is 5.38 Å². The number of hydrogen-bond donors (Lipinski definition) is 1. The Hall–Kier alpha value is -1.87. The average Bonchev–Trinajstić information content (AvgIpc) is 3.05. The van der Waals surface area contributed by atoms with Gasteiger partial charge in [-0.1, -0.05) is 6.07 Å². The maximum absolute atomic E-state index is 13.7. The number of sulfone groups is 1. The Labute approximate surface area is 135 Å². The van der Waals surface area contributed by atoms with E-state index in [1.165, 1.54) is 11.4 Å². The smallest absolute Gasteiger partial charge is 0.230 e. The number of thiazole rings is 1. The standard InChI is InChI=1S/C14H12F2N2O3S2/c15-9-2-1-3-10(16)12(9)11-6-22-14(17-11)18-13(19)8-4-5-23(20,21)7-8/h1-3,6,8H,4-5,7H2,(H,17,18,19)/t8-/m0/s1. The zero-order valence-corrected chi connectivity index (χ0v) is 13.4. The number of halogens is 2. The second-order valence-electron chi connectivity index (χ2n) is 5.22. The van der Waals surface area contributed by atoms with Crippen LogP contribution in [0.25, 0.3) is 11.3 Å². The number of anilines is 1. The third-order valence-electron chi connectivity index (χ3n) is 3.56. The summed E-state index contributed by atoms with van der Waals surface area (Å²) in [6.07, 6.45) is 0.272. The van der Waals surface area contributed by atoms with Crippen molar-refractivity contribution in [3.8, 4) is 11.3 Å². The summed E-state index contributed by atoms with van der Waals surface area (Å²) in [4.78, 5) is 16.0. The lowest BCUT2D eigenvalue weighted by Gasteiger charge is -2.06. The van der Waals surface area contributed by atoms with Crippen molar-refractivity contribution in [2.24, 2.45) is 5.92 Å². The number of hydrogen-bond acceptors (Lipinski definition) is 5. The van der Waals surface area contributed by atoms with Gasteiger partial charge < -0.3 is 5.32 Å². The first kappa shape index (κ1) is 16.0. The summed E-state index contributed by atoms with van der Waals surface area (Å²) in [5.41, 5.74) is -0.173. The van der Waals surface area contributed by atoms with Gasteiger partial charge in [-0.3, -0.25) is 4.79 Å². The predicted molar refractivity (Wildman–Crippen MR) is 82.9 cm³/mol. The predicted octanol–water partition coefficient (Wildman–Crippen LogP) is 2.46. The van der Waals surface area contributed by atoms with Crippen LogP contribution in [-0.4, -0.2) is 30.8 Å². The van der Waals surface area contributed by atoms with Crippen LogP contribution in [0.3, 0.4) is 0 Å². The molecule has 0 bridgehead atoms. The minimum atomic E-state index is -3.16. The van der Waals surface area contributed by atoms with Crippen LogP contribution in [0.4, 0.5) is 13.9 Å². The highest BCUT2D eigenvalue weighted by molar-refractivity contribution is 7.91. The molecule has 1 saturated heterocycles. The lowest BCUT2D eigenvalue weighted by Crippen LogP contribution is -2.23. The number of carbonyl (C=O) groups is 1. The van der Waals surface area contributed by atoms with E-state index in [0.717, 1.165) is 23.5 Å². The minimum Gasteiger partial charge on any atom is -0.302 e. The first-order valence-corrected chi connectivity index (χ1v) is 9.47. The van der Waals surface area contributed by atoms with E-state index >= 15 is 0 Å². The summed E-state index contributed by atoms with van der Waals surface area (Å²) < 4.78 is 50.2. The number of benzene rings is 1. The fourth-order valence-corrected chi connectivity index (χ4v) is 4.84. The number of nitrogens with one attached hydrogen (secondary N) is 1. The normalized spacial score (nSPS) is 19.7. The lowest BCUT2D eigenvalue weighted by molar-refractivity contribution is -0.119. The van der Waals surface area contributed by atoms with Crippen LogP contribution in [0.5, 0.6) is 0 Å². The second-order valence-corrected chi connectivity index (χ2v) is 8.31. The van der Waals surface area contributed by atoms with Crippen molar-refractivity contribution in [2.45, 2.75) is 6.42 Å². The zero-order valence-electron chi connectivity index (χ0n) is 11.8. The molecule has 23 heavy (non-hydrogen) atoms. The zero-order chi connectivity index (χ0) is 16.6. The van der Waals surface area contributed by atoms with Crippen molar-refractivity contribution in [3.05, 3.63) is 35.2 Å². The molecule has 1 aliphatic heterocycles. The van der Waals surface area contributed by atoms with E-state index in [-0.39, 0.29) is 34.3 Å². The van der Waals surface area contributed by atoms with E-state index in [1.807, 2.05) is 0 Å². The topological polar surface area (TPSA) is 76.1 Å². The van der Waals surface area contributed by atoms with Gasteiger partial charge in [0.25, 0.3) is 0 Å². The molecule has 1 aromatic carbocycles. The maximum Gasteiger partial charge on any atom is 0.230 e. The van der Waals surface area contributed by atoms with E-state index < -0.39 is 33.3 Å². The van der Waals surface area contributed by atoms with Gasteiger partial charge in [0.1, 0.15) is 11.6 Å². The van der Waals surface area contributed by atoms with Crippen LogP contribution in [0.1, 0.15) is 6.42 Å². The Balaban J connectivity index is 1.77. The SMILES string of the molecule is O=C(Nc1nc(-c2c(F)cccc2F)cs1)[C@H]1CCS(=O)(=O)C1. The van der Waals surface area contributed by atoms with E-state index in [2.05, 4.69) is 10.3 Å². The Morgan fingerprint density at radius 1 is 1.30 bits per heavy atom. The van der Waals surface area contributed by atoms with Gasteiger partial charge in [0.15, 0.2) is 15.0 Å². The van der Waals surface area contributed by atoms with Gasteiger partial charge in [0.05, 0.1) is 28.7 Å². The number of amides is 1. The summed E-state index contributed by atoms with van der Waals surface area (Å²) in [6.45, 7) is 0. The van der Waals surface area contributed by atoms with Crippen LogP contribution < -0.4 is 5.32 Å². The van der Waals surface area contributed by atoms with E-state index in [9.17, 15) is 22.0 Å². The summed E-state index contributed by atoms with van der Waals surface area (Å²) in [5.74, 6) is -2.73. The van der Waals surface area contributed by atoms with Crippen molar-refractivity contribution < 1.29 is 22.0 Å². The number of aromatic nitrogens is 1. The summed E-state index contributed by atoms with van der Waals surface area (Å²) in [7, 11) is -3.16. The number of rotatable bonds is 3. The molecule has 5 nitrogen and oxygen atoms in total. The van der Waals surface area contributed by atoms with Gasteiger partial charge in [-0.05, 0) is 18.6 Å². The second kappa shape index (κ2) is 5.97. The van der Waals surface area contributed by atoms with E-state index in [1.54, 1.807) is 0 Å². The Morgan fingerprint density at radius 2 is 2.00 bits per heavy atom. The van der Waals surface area contributed by atoms with Gasteiger partial charge >= 0.3 is 0 Å². The van der Waals surface area contributed by atoms with Gasteiger partial charge in [-0.15, -0.1) is 11.3 Å². The molecule has 1 atom stereocenters. The Kier molecular flexibility index (Phi) is 4.15. The minimum absolute atomic E-state index is 0.00531. The highest BCUT2D eigenvalue weighted by Gasteiger charge is 2.33. The van der Waals surface area contributed by atoms with Crippen molar-refractivity contribution in [3.63, 3.8) is 0 Å². The Morgan fingerprint density at radius 3 is 2.61 bits per heavy atom. The van der Waals surface area contributed by atoms with Crippen molar-refractivity contribution in [2.75, 3.05) is 16.8 Å². The molecule has 0 spiro atoms. The van der Waals surface area contributed by atoms with E-state index in [4.69, 9.17) is 0 Å². The molecule has 1 fully saturated rings. The van der Waals surface area contributed by atoms with Crippen LogP contribution >= 0.6 is 11.3 Å². The molecular weight excluding hydrogens is 346 g/mol. The third kappa shape index (κ3) is 3.40. The molecule has 1 N–H and O–H groups in total. The Bertz CT molecular complexity index is 844. The molecule has 0 unspecified atom stereocenters. The number of carbonyl (C=O) groups excluding carboxylic acids is 1. The average molecular weight is 358 g/mol. The number of nitrogens with zero attached hydrogens (tertiary/aromatic N) is 1. The monoisotopic (exact) mass is 358 g/mol. The molecule has 1 aliphatic rings. The molecule has 1 amide bonds. The summed E-state index contributed by atoms with van der Waals surface area (Å²) in [5, 5.41) is 4.12. The molecule has 3 rings (SSSR count). The lowest BCUT2D eigenvalue weighted by atomic mass is 10.1. The molecular formula is C14H12F2N2O3S2. The van der Waals surface area contributed by atoms with Crippen molar-refractivity contribution >= 4 is 32.2 Å². The fraction of sp³-hybridized carbons (Fsp3) is 0.286. The quantitative estimate of drug-likeness (QED) is 0.914. The highest BCUT2D eigenvalue weighted by Crippen LogP contribution is 2.30. The van der Waals surface area contributed by atoms with Crippen LogP contribution in [0.2, 0.25) is 0 Å². The molecule has 122 valence electrons. The van der Waals surface area contributed by atoms with E-state index in [0.29, 0.717) is 0 Å². The molecule has 0 aliphatic carbocycles. The fourth-order valence-electron chi connectivity index (χ4n) is 2.40. The molecule has 0 radical (unpaired) electrons. The molecule has 2 heterocycles. The molecule has 1 aromatic heterocycles. The summed E-state index contributed by atoms with van der Waals surface area (Å²) >= 11 is 1.02. The van der Waals surface area contributed by atoms with Crippen molar-refractivity contribution in [1.29, 1.82) is 0 Å². The van der Waals surface area contributed by atoms with Gasteiger partial charge in [-0.2, -0.15) is 0 Å². The first-order chi connectivity index (χ1) is 10.9. The summed E-state index contributed by atoms with van der Waals surface area (Å²) in [6, 6.07) is 3.50.